The van der Waals surface area contributed by atoms with Crippen LogP contribution in [0.1, 0.15) is 35.9 Å². The predicted molar refractivity (Wildman–Crippen MR) is 97.1 cm³/mol. The van der Waals surface area contributed by atoms with Gasteiger partial charge >= 0.3 is 5.97 Å². The van der Waals surface area contributed by atoms with Gasteiger partial charge in [-0.05, 0) is 31.5 Å². The highest BCUT2D eigenvalue weighted by molar-refractivity contribution is 5.95. The molecule has 0 aliphatic carbocycles. The fourth-order valence-electron chi connectivity index (χ4n) is 3.13. The van der Waals surface area contributed by atoms with Crippen molar-refractivity contribution < 1.29 is 14.3 Å². The number of hydrogen-bond acceptors (Lipinski definition) is 6. The predicted octanol–water partition coefficient (Wildman–Crippen LogP) is 1.26. The number of nitriles is 1. The first-order valence-electron chi connectivity index (χ1n) is 8.78. The Morgan fingerprint density at radius 1 is 1.44 bits per heavy atom. The van der Waals surface area contributed by atoms with Crippen LogP contribution in [0.25, 0.3) is 10.9 Å². The minimum Gasteiger partial charge on any atom is -0.449 e. The first-order valence-corrected chi connectivity index (χ1v) is 8.78. The number of esters is 1. The number of carbonyl (C=O) groups excluding carboxylic acids is 2. The van der Waals surface area contributed by atoms with E-state index < -0.39 is 12.1 Å². The Kier molecular flexibility index (Phi) is 5.21. The molecule has 1 aromatic carbocycles. The maximum atomic E-state index is 12.5. The number of likely N-dealkylation sites (N-methyl/N-ethyl adjacent to an activating group) is 1. The molecular weight excluding hydrogens is 348 g/mol. The molecule has 0 unspecified atom stereocenters. The van der Waals surface area contributed by atoms with Gasteiger partial charge in [-0.2, -0.15) is 5.26 Å². The van der Waals surface area contributed by atoms with Gasteiger partial charge in [0.05, 0.1) is 29.0 Å². The first-order chi connectivity index (χ1) is 12.9. The van der Waals surface area contributed by atoms with E-state index in [1.54, 1.807) is 17.7 Å². The molecule has 0 saturated carbocycles. The van der Waals surface area contributed by atoms with Gasteiger partial charge < -0.3 is 9.64 Å². The molecule has 140 valence electrons. The molecule has 1 aromatic heterocycles. The molecule has 8 heteroatoms. The molecule has 27 heavy (non-hydrogen) atoms. The van der Waals surface area contributed by atoms with Crippen LogP contribution in [0.3, 0.4) is 0 Å². The lowest BCUT2D eigenvalue weighted by molar-refractivity contribution is -0.138. The summed E-state index contributed by atoms with van der Waals surface area (Å²) in [5, 5.41) is 9.05. The highest BCUT2D eigenvalue weighted by Gasteiger charge is 2.23. The smallest absolute Gasteiger partial charge is 0.338 e. The molecule has 2 heterocycles. The van der Waals surface area contributed by atoms with Crippen LogP contribution in [0.15, 0.2) is 23.0 Å². The topological polar surface area (TPSA) is 105 Å². The number of amides is 1. The molecule has 1 aliphatic heterocycles. The largest absolute Gasteiger partial charge is 0.449 e. The standard InChI is InChI=1S/C19H20N4O4/c1-12(17(24)22(2)9-4-8-20)27-19(26)13-6-7-14-15(11-13)21-16-5-3-10-23(16)18(14)25/h6-7,11-12H,3-5,9-10H2,1-2H3/t12-/m1/s1. The number of aryl methyl sites for hydroxylation is 1. The molecule has 1 atom stereocenters. The zero-order valence-corrected chi connectivity index (χ0v) is 15.3. The van der Waals surface area contributed by atoms with Crippen molar-refractivity contribution in [3.8, 4) is 6.07 Å². The summed E-state index contributed by atoms with van der Waals surface area (Å²) in [5.41, 5.74) is 0.583. The molecule has 0 N–H and O–H groups in total. The lowest BCUT2D eigenvalue weighted by Crippen LogP contribution is -2.37. The zero-order chi connectivity index (χ0) is 19.6. The van der Waals surface area contributed by atoms with Crippen molar-refractivity contribution in [1.82, 2.24) is 14.5 Å². The van der Waals surface area contributed by atoms with Gasteiger partial charge in [0.2, 0.25) is 0 Å². The monoisotopic (exact) mass is 368 g/mol. The fourth-order valence-corrected chi connectivity index (χ4v) is 3.13. The average molecular weight is 368 g/mol. The number of aromatic nitrogens is 2. The maximum absolute atomic E-state index is 12.5. The Bertz CT molecular complexity index is 1010. The van der Waals surface area contributed by atoms with Crippen LogP contribution in [0.5, 0.6) is 0 Å². The van der Waals surface area contributed by atoms with Crippen molar-refractivity contribution in [2.75, 3.05) is 13.6 Å². The van der Waals surface area contributed by atoms with Gasteiger partial charge in [0.15, 0.2) is 6.10 Å². The molecule has 0 fully saturated rings. The van der Waals surface area contributed by atoms with Crippen LogP contribution in [0.4, 0.5) is 0 Å². The third kappa shape index (κ3) is 3.67. The van der Waals surface area contributed by atoms with Gasteiger partial charge in [-0.1, -0.05) is 0 Å². The van der Waals surface area contributed by atoms with Gasteiger partial charge in [-0.25, -0.2) is 9.78 Å². The van der Waals surface area contributed by atoms with Gasteiger partial charge in [-0.3, -0.25) is 14.2 Å². The molecule has 0 spiro atoms. The Hall–Kier alpha value is -3.21. The summed E-state index contributed by atoms with van der Waals surface area (Å²) in [4.78, 5) is 42.9. The van der Waals surface area contributed by atoms with E-state index in [9.17, 15) is 14.4 Å². The summed E-state index contributed by atoms with van der Waals surface area (Å²) in [6.45, 7) is 2.42. The van der Waals surface area contributed by atoms with Crippen molar-refractivity contribution in [3.05, 3.63) is 39.9 Å². The molecule has 1 amide bonds. The van der Waals surface area contributed by atoms with Gasteiger partial charge in [0, 0.05) is 26.6 Å². The van der Waals surface area contributed by atoms with Gasteiger partial charge in [0.25, 0.3) is 11.5 Å². The highest BCUT2D eigenvalue weighted by Crippen LogP contribution is 2.17. The minimum absolute atomic E-state index is 0.102. The third-order valence-corrected chi connectivity index (χ3v) is 4.62. The summed E-state index contributed by atoms with van der Waals surface area (Å²) in [6, 6.07) is 6.56. The summed E-state index contributed by atoms with van der Waals surface area (Å²) in [7, 11) is 1.55. The minimum atomic E-state index is -0.976. The average Bonchev–Trinajstić information content (AvgIpc) is 3.13. The van der Waals surface area contributed by atoms with Crippen LogP contribution >= 0.6 is 0 Å². The number of benzene rings is 1. The number of hydrogen-bond donors (Lipinski definition) is 0. The summed E-state index contributed by atoms with van der Waals surface area (Å²) in [5.74, 6) is -0.317. The molecule has 0 saturated heterocycles. The van der Waals surface area contributed by atoms with E-state index in [0.717, 1.165) is 18.7 Å². The highest BCUT2D eigenvalue weighted by atomic mass is 16.5. The number of nitrogens with zero attached hydrogens (tertiary/aromatic N) is 4. The molecule has 2 aromatic rings. The molecule has 0 bridgehead atoms. The van der Waals surface area contributed by atoms with E-state index in [1.807, 2.05) is 6.07 Å². The number of rotatable bonds is 5. The van der Waals surface area contributed by atoms with E-state index in [-0.39, 0.29) is 30.0 Å². The van der Waals surface area contributed by atoms with Crippen LogP contribution in [0.2, 0.25) is 0 Å². The van der Waals surface area contributed by atoms with Crippen molar-refractivity contribution in [1.29, 1.82) is 5.26 Å². The second-order valence-electron chi connectivity index (χ2n) is 6.54. The normalized spacial score (nSPS) is 13.7. The summed E-state index contributed by atoms with van der Waals surface area (Å²) >= 11 is 0. The van der Waals surface area contributed by atoms with E-state index >= 15 is 0 Å². The second kappa shape index (κ2) is 7.58. The molecule has 3 rings (SSSR count). The number of carbonyl (C=O) groups is 2. The Morgan fingerprint density at radius 3 is 2.96 bits per heavy atom. The molecule has 8 nitrogen and oxygen atoms in total. The Balaban J connectivity index is 1.78. The van der Waals surface area contributed by atoms with E-state index in [0.29, 0.717) is 17.4 Å². The lowest BCUT2D eigenvalue weighted by Gasteiger charge is -2.20. The first kappa shape index (κ1) is 18.6. The van der Waals surface area contributed by atoms with E-state index in [4.69, 9.17) is 10.00 Å². The maximum Gasteiger partial charge on any atom is 0.338 e. The van der Waals surface area contributed by atoms with Crippen LogP contribution in [0, 0.1) is 11.3 Å². The van der Waals surface area contributed by atoms with Crippen molar-refractivity contribution >= 4 is 22.8 Å². The van der Waals surface area contributed by atoms with Crippen molar-refractivity contribution in [3.63, 3.8) is 0 Å². The summed E-state index contributed by atoms with van der Waals surface area (Å²) < 4.78 is 6.91. The quantitative estimate of drug-likeness (QED) is 0.736. The molecule has 1 aliphatic rings. The number of fused-ring (bicyclic) bond motifs is 2. The lowest BCUT2D eigenvalue weighted by atomic mass is 10.1. The van der Waals surface area contributed by atoms with Crippen molar-refractivity contribution in [2.45, 2.75) is 38.8 Å². The third-order valence-electron chi connectivity index (χ3n) is 4.62. The Morgan fingerprint density at radius 2 is 2.22 bits per heavy atom. The van der Waals surface area contributed by atoms with E-state index in [1.165, 1.54) is 24.0 Å². The SMILES string of the molecule is C[C@@H](OC(=O)c1ccc2c(=O)n3c(nc2c1)CCC3)C(=O)N(C)CCC#N. The Labute approximate surface area is 156 Å². The zero-order valence-electron chi connectivity index (χ0n) is 15.3. The van der Waals surface area contributed by atoms with Gasteiger partial charge in [0.1, 0.15) is 5.82 Å². The van der Waals surface area contributed by atoms with Gasteiger partial charge in [-0.15, -0.1) is 0 Å². The summed E-state index contributed by atoms with van der Waals surface area (Å²) in [6.07, 6.45) is 0.849. The molecule has 0 radical (unpaired) electrons. The van der Waals surface area contributed by atoms with Crippen LogP contribution < -0.4 is 5.56 Å². The van der Waals surface area contributed by atoms with Crippen molar-refractivity contribution in [2.24, 2.45) is 0 Å². The van der Waals surface area contributed by atoms with Crippen LogP contribution in [-0.4, -0.2) is 46.0 Å². The van der Waals surface area contributed by atoms with E-state index in [2.05, 4.69) is 4.98 Å². The molecular formula is C19H20N4O4. The number of ether oxygens (including phenoxy) is 1. The van der Waals surface area contributed by atoms with Crippen LogP contribution in [-0.2, 0) is 22.5 Å². The second-order valence-corrected chi connectivity index (χ2v) is 6.54. The fraction of sp³-hybridized carbons (Fsp3) is 0.421.